The van der Waals surface area contributed by atoms with Gasteiger partial charge in [-0.15, -0.1) is 0 Å². The van der Waals surface area contributed by atoms with Crippen LogP contribution in [0.15, 0.2) is 71.1 Å². The van der Waals surface area contributed by atoms with E-state index in [1.807, 2.05) is 24.3 Å². The number of phenols is 2. The number of benzene rings is 4. The van der Waals surface area contributed by atoms with E-state index in [1.54, 1.807) is 6.07 Å². The van der Waals surface area contributed by atoms with Gasteiger partial charge < -0.3 is 14.6 Å². The summed E-state index contributed by atoms with van der Waals surface area (Å²) in [5.41, 5.74) is 9.58. The van der Waals surface area contributed by atoms with E-state index in [2.05, 4.69) is 48.3 Å². The van der Waals surface area contributed by atoms with Gasteiger partial charge in [0.25, 0.3) is 0 Å². The van der Waals surface area contributed by atoms with Crippen LogP contribution in [0.25, 0.3) is 44.2 Å². The summed E-state index contributed by atoms with van der Waals surface area (Å²) in [6, 6.07) is 22.6. The van der Waals surface area contributed by atoms with E-state index in [0.29, 0.717) is 0 Å². The fraction of sp³-hybridized carbons (Fsp3) is 0.172. The van der Waals surface area contributed by atoms with Crippen LogP contribution in [-0.2, 0) is 12.8 Å². The second-order valence-corrected chi connectivity index (χ2v) is 9.25. The molecule has 5 aromatic rings. The topological polar surface area (TPSA) is 56.8 Å². The van der Waals surface area contributed by atoms with Crippen LogP contribution in [-0.4, -0.2) is 28.7 Å². The maximum absolute atomic E-state index is 10.8. The molecule has 4 aromatic carbocycles. The highest BCUT2D eigenvalue weighted by molar-refractivity contribution is 6.10. The first-order valence-electron chi connectivity index (χ1n) is 11.4. The molecule has 162 valence electrons. The average molecular weight is 434 g/mol. The minimum Gasteiger partial charge on any atom is -0.504 e. The molecule has 0 saturated carbocycles. The van der Waals surface area contributed by atoms with Crippen molar-refractivity contribution in [2.45, 2.75) is 18.9 Å². The number of rotatable bonds is 1. The Bertz CT molecular complexity index is 1600. The van der Waals surface area contributed by atoms with Gasteiger partial charge in [0.2, 0.25) is 0 Å². The van der Waals surface area contributed by atoms with Crippen LogP contribution < -0.4 is 0 Å². The number of nitrogens with zero attached hydrogens (tertiary/aromatic N) is 1. The minimum atomic E-state index is -0.0683. The van der Waals surface area contributed by atoms with Gasteiger partial charge in [-0.2, -0.15) is 0 Å². The Morgan fingerprint density at radius 2 is 1.67 bits per heavy atom. The Balaban J connectivity index is 1.53. The lowest BCUT2D eigenvalue weighted by Crippen LogP contribution is -2.35. The summed E-state index contributed by atoms with van der Waals surface area (Å²) >= 11 is 0. The summed E-state index contributed by atoms with van der Waals surface area (Å²) < 4.78 is 6.36. The number of hydrogen-bond acceptors (Lipinski definition) is 4. The van der Waals surface area contributed by atoms with Gasteiger partial charge in [-0.1, -0.05) is 54.6 Å². The Hall–Kier alpha value is -3.76. The molecular weight excluding hydrogens is 410 g/mol. The van der Waals surface area contributed by atoms with Crippen molar-refractivity contribution in [3.63, 3.8) is 0 Å². The number of fused-ring (bicyclic) bond motifs is 5. The molecule has 0 spiro atoms. The van der Waals surface area contributed by atoms with Crippen LogP contribution >= 0.6 is 0 Å². The molecule has 2 heterocycles. The Kier molecular flexibility index (Phi) is 3.77. The van der Waals surface area contributed by atoms with Crippen molar-refractivity contribution < 1.29 is 14.6 Å². The Morgan fingerprint density at radius 3 is 2.58 bits per heavy atom. The molecular formula is C29H23NO3. The van der Waals surface area contributed by atoms with E-state index in [-0.39, 0.29) is 17.5 Å². The van der Waals surface area contributed by atoms with Crippen molar-refractivity contribution in [3.8, 4) is 33.8 Å². The number of aromatic hydroxyl groups is 2. The summed E-state index contributed by atoms with van der Waals surface area (Å²) in [6.45, 7) is 0.976. The molecule has 0 bridgehead atoms. The lowest BCUT2D eigenvalue weighted by atomic mass is 9.74. The van der Waals surface area contributed by atoms with Gasteiger partial charge in [0, 0.05) is 34.5 Å². The number of hydrogen-bond donors (Lipinski definition) is 2. The van der Waals surface area contributed by atoms with Gasteiger partial charge in [-0.25, -0.2) is 0 Å². The predicted octanol–water partition coefficient (Wildman–Crippen LogP) is 6.42. The molecule has 1 atom stereocenters. The van der Waals surface area contributed by atoms with Crippen LogP contribution in [0, 0.1) is 0 Å². The van der Waals surface area contributed by atoms with Gasteiger partial charge >= 0.3 is 0 Å². The van der Waals surface area contributed by atoms with Gasteiger partial charge in [0.15, 0.2) is 11.5 Å². The van der Waals surface area contributed by atoms with Crippen LogP contribution in [0.4, 0.5) is 0 Å². The molecule has 1 aliphatic heterocycles. The molecule has 0 saturated heterocycles. The van der Waals surface area contributed by atoms with E-state index in [0.717, 1.165) is 63.6 Å². The van der Waals surface area contributed by atoms with Gasteiger partial charge in [-0.3, -0.25) is 4.90 Å². The molecule has 0 amide bonds. The third-order valence-corrected chi connectivity index (χ3v) is 7.56. The zero-order chi connectivity index (χ0) is 22.3. The van der Waals surface area contributed by atoms with E-state index < -0.39 is 0 Å². The molecule has 2 N–H and O–H groups in total. The largest absolute Gasteiger partial charge is 0.504 e. The fourth-order valence-electron chi connectivity index (χ4n) is 5.97. The maximum Gasteiger partial charge on any atom is 0.165 e. The highest BCUT2D eigenvalue weighted by Gasteiger charge is 2.36. The van der Waals surface area contributed by atoms with E-state index in [9.17, 15) is 10.2 Å². The molecule has 4 nitrogen and oxygen atoms in total. The summed E-state index contributed by atoms with van der Waals surface area (Å²) in [5, 5.41) is 23.2. The summed E-state index contributed by atoms with van der Waals surface area (Å²) in [4.78, 5) is 2.41. The number of phenolic OH excluding ortho intramolecular Hbond substituents is 2. The smallest absolute Gasteiger partial charge is 0.165 e. The molecule has 7 rings (SSSR count). The van der Waals surface area contributed by atoms with Crippen LogP contribution in [0.1, 0.15) is 22.7 Å². The molecule has 0 unspecified atom stereocenters. The van der Waals surface area contributed by atoms with Crippen molar-refractivity contribution in [1.29, 1.82) is 0 Å². The first kappa shape index (κ1) is 18.8. The first-order chi connectivity index (χ1) is 16.1. The molecule has 2 aliphatic rings. The standard InChI is InChI=1S/C29H23NO3/c1-30-14-13-19-17(20-6-4-7-21-18-5-2-3-8-25(18)33-29(20)21)10-11-22-26-16(15-23(30)27(19)22)9-12-24(31)28(26)32/h2-12,23,31-32H,13-15H2,1H3/t23-/m1/s1. The molecule has 0 radical (unpaired) electrons. The highest BCUT2D eigenvalue weighted by Crippen LogP contribution is 2.52. The van der Waals surface area contributed by atoms with Crippen LogP contribution in [0.5, 0.6) is 11.5 Å². The van der Waals surface area contributed by atoms with Crippen molar-refractivity contribution in [1.82, 2.24) is 4.90 Å². The molecule has 33 heavy (non-hydrogen) atoms. The quantitative estimate of drug-likeness (QED) is 0.300. The van der Waals surface area contributed by atoms with Crippen molar-refractivity contribution >= 4 is 21.9 Å². The Morgan fingerprint density at radius 1 is 0.848 bits per heavy atom. The molecule has 1 aromatic heterocycles. The highest BCUT2D eigenvalue weighted by atomic mass is 16.3. The third kappa shape index (κ3) is 2.50. The van der Waals surface area contributed by atoms with Crippen molar-refractivity contribution in [2.24, 2.45) is 0 Å². The van der Waals surface area contributed by atoms with E-state index in [1.165, 1.54) is 16.7 Å². The molecule has 4 heteroatoms. The van der Waals surface area contributed by atoms with Crippen molar-refractivity contribution in [3.05, 3.63) is 83.4 Å². The van der Waals surface area contributed by atoms with Crippen molar-refractivity contribution in [2.75, 3.05) is 13.6 Å². The van der Waals surface area contributed by atoms with Crippen LogP contribution in [0.3, 0.4) is 0 Å². The van der Waals surface area contributed by atoms with Crippen LogP contribution in [0.2, 0.25) is 0 Å². The van der Waals surface area contributed by atoms with E-state index in [4.69, 9.17) is 4.42 Å². The SMILES string of the molecule is CN1CCc2c(-c3cccc4c3oc3ccccc34)ccc3c2[C@H]1Cc1ccc(O)c(O)c1-3. The third-order valence-electron chi connectivity index (χ3n) is 7.56. The molecule has 1 aliphatic carbocycles. The fourth-order valence-corrected chi connectivity index (χ4v) is 5.97. The first-order valence-corrected chi connectivity index (χ1v) is 11.4. The zero-order valence-corrected chi connectivity index (χ0v) is 18.3. The van der Waals surface area contributed by atoms with Gasteiger partial charge in [0.05, 0.1) is 0 Å². The molecule has 0 fully saturated rings. The second-order valence-electron chi connectivity index (χ2n) is 9.25. The predicted molar refractivity (Wildman–Crippen MR) is 131 cm³/mol. The number of para-hydroxylation sites is 2. The summed E-state index contributed by atoms with van der Waals surface area (Å²) in [6.07, 6.45) is 1.75. The number of furan rings is 1. The Labute approximate surface area is 191 Å². The minimum absolute atomic E-state index is 0.0199. The summed E-state index contributed by atoms with van der Waals surface area (Å²) in [5.74, 6) is -0.0882. The lowest BCUT2D eigenvalue weighted by molar-refractivity contribution is 0.228. The number of likely N-dealkylation sites (N-methyl/N-ethyl adjacent to an activating group) is 1. The summed E-state index contributed by atoms with van der Waals surface area (Å²) in [7, 11) is 2.18. The maximum atomic E-state index is 10.8. The zero-order valence-electron chi connectivity index (χ0n) is 18.3. The lowest BCUT2D eigenvalue weighted by Gasteiger charge is -2.40. The second kappa shape index (κ2) is 6.63. The normalized spacial score (nSPS) is 17.3. The van der Waals surface area contributed by atoms with Gasteiger partial charge in [-0.05, 0) is 59.8 Å². The van der Waals surface area contributed by atoms with Gasteiger partial charge in [0.1, 0.15) is 11.2 Å². The average Bonchev–Trinajstić information content (AvgIpc) is 3.22. The monoisotopic (exact) mass is 433 g/mol. The van der Waals surface area contributed by atoms with E-state index >= 15 is 0 Å².